The van der Waals surface area contributed by atoms with Crippen molar-refractivity contribution < 1.29 is 19.0 Å². The number of rotatable bonds is 5. The zero-order valence-electron chi connectivity index (χ0n) is 13.1. The fourth-order valence-electron chi connectivity index (χ4n) is 2.60. The van der Waals surface area contributed by atoms with E-state index in [2.05, 4.69) is 13.8 Å². The molecule has 1 saturated heterocycles. The van der Waals surface area contributed by atoms with Crippen LogP contribution in [0.4, 0.5) is 4.39 Å². The quantitative estimate of drug-likeness (QED) is 0.785. The van der Waals surface area contributed by atoms with E-state index in [0.717, 1.165) is 6.42 Å². The van der Waals surface area contributed by atoms with Crippen molar-refractivity contribution in [2.45, 2.75) is 71.9 Å². The van der Waals surface area contributed by atoms with E-state index in [1.807, 2.05) is 20.8 Å². The van der Waals surface area contributed by atoms with E-state index in [1.165, 1.54) is 6.92 Å². The first kappa shape index (κ1) is 16.9. The summed E-state index contributed by atoms with van der Waals surface area (Å²) in [6.07, 6.45) is -1.37. The summed E-state index contributed by atoms with van der Waals surface area (Å²) >= 11 is 0. The van der Waals surface area contributed by atoms with Crippen LogP contribution in [0.15, 0.2) is 0 Å². The molecule has 19 heavy (non-hydrogen) atoms. The molecule has 0 aromatic carbocycles. The van der Waals surface area contributed by atoms with Crippen molar-refractivity contribution in [1.29, 1.82) is 0 Å². The standard InChI is InChI=1S/C15H29FO3/c1-10(2)7-8-18-9-11-12(17)15(6,16)13(19-11)14(3,4)5/h10-13,17H,7-9H2,1-6H3. The van der Waals surface area contributed by atoms with Crippen LogP contribution in [-0.4, -0.2) is 42.3 Å². The van der Waals surface area contributed by atoms with E-state index >= 15 is 0 Å². The number of aliphatic hydroxyl groups is 1. The van der Waals surface area contributed by atoms with Gasteiger partial charge in [-0.2, -0.15) is 0 Å². The average molecular weight is 276 g/mol. The number of aliphatic hydroxyl groups excluding tert-OH is 1. The molecule has 1 N–H and O–H groups in total. The monoisotopic (exact) mass is 276 g/mol. The molecule has 4 unspecified atom stereocenters. The molecule has 0 radical (unpaired) electrons. The van der Waals surface area contributed by atoms with Crippen LogP contribution in [0.5, 0.6) is 0 Å². The molecule has 0 amide bonds. The summed E-state index contributed by atoms with van der Waals surface area (Å²) in [6, 6.07) is 0. The maximum atomic E-state index is 14.6. The maximum Gasteiger partial charge on any atom is 0.163 e. The third-order valence-electron chi connectivity index (χ3n) is 3.66. The molecule has 0 bridgehead atoms. The van der Waals surface area contributed by atoms with Gasteiger partial charge in [0.2, 0.25) is 0 Å². The van der Waals surface area contributed by atoms with Gasteiger partial charge in [-0.1, -0.05) is 34.6 Å². The Labute approximate surface area is 116 Å². The van der Waals surface area contributed by atoms with Crippen LogP contribution in [0, 0.1) is 11.3 Å². The number of alkyl halides is 1. The van der Waals surface area contributed by atoms with Crippen LogP contribution in [0.2, 0.25) is 0 Å². The Balaban J connectivity index is 2.54. The Hall–Kier alpha value is -0.190. The van der Waals surface area contributed by atoms with Gasteiger partial charge in [0.1, 0.15) is 12.2 Å². The van der Waals surface area contributed by atoms with E-state index in [4.69, 9.17) is 9.47 Å². The highest BCUT2D eigenvalue weighted by atomic mass is 19.1. The molecule has 0 aromatic heterocycles. The summed E-state index contributed by atoms with van der Waals surface area (Å²) in [5.74, 6) is 0.572. The van der Waals surface area contributed by atoms with Gasteiger partial charge in [-0.25, -0.2) is 4.39 Å². The highest BCUT2D eigenvalue weighted by Crippen LogP contribution is 2.43. The molecule has 4 heteroatoms. The number of halogens is 1. The Morgan fingerprint density at radius 3 is 2.37 bits per heavy atom. The minimum Gasteiger partial charge on any atom is -0.387 e. The highest BCUT2D eigenvalue weighted by molar-refractivity contribution is 5.05. The molecule has 3 nitrogen and oxygen atoms in total. The summed E-state index contributed by atoms with van der Waals surface area (Å²) in [6.45, 7) is 12.3. The van der Waals surface area contributed by atoms with Crippen molar-refractivity contribution in [3.8, 4) is 0 Å². The molecule has 1 aliphatic heterocycles. The Morgan fingerprint density at radius 2 is 1.95 bits per heavy atom. The largest absolute Gasteiger partial charge is 0.387 e. The average Bonchev–Trinajstić information content (AvgIpc) is 2.46. The zero-order chi connectivity index (χ0) is 14.8. The van der Waals surface area contributed by atoms with E-state index in [1.54, 1.807) is 0 Å². The highest BCUT2D eigenvalue weighted by Gasteiger charge is 2.57. The molecule has 0 aliphatic carbocycles. The number of ether oxygens (including phenoxy) is 2. The van der Waals surface area contributed by atoms with Crippen molar-refractivity contribution >= 4 is 0 Å². The van der Waals surface area contributed by atoms with Gasteiger partial charge in [-0.3, -0.25) is 0 Å². The molecule has 1 heterocycles. The molecule has 0 saturated carbocycles. The minimum absolute atomic E-state index is 0.250. The van der Waals surface area contributed by atoms with Crippen molar-refractivity contribution in [1.82, 2.24) is 0 Å². The molecule has 0 spiro atoms. The van der Waals surface area contributed by atoms with Crippen LogP contribution in [-0.2, 0) is 9.47 Å². The van der Waals surface area contributed by atoms with Crippen LogP contribution in [0.3, 0.4) is 0 Å². The van der Waals surface area contributed by atoms with Gasteiger partial charge in [0, 0.05) is 6.61 Å². The fraction of sp³-hybridized carbons (Fsp3) is 1.00. The lowest BCUT2D eigenvalue weighted by Gasteiger charge is -2.33. The van der Waals surface area contributed by atoms with Gasteiger partial charge in [0.15, 0.2) is 5.67 Å². The number of hydrogen-bond donors (Lipinski definition) is 1. The third kappa shape index (κ3) is 4.14. The van der Waals surface area contributed by atoms with Crippen LogP contribution < -0.4 is 0 Å². The van der Waals surface area contributed by atoms with Gasteiger partial charge >= 0.3 is 0 Å². The predicted octanol–water partition coefficient (Wildman–Crippen LogP) is 2.95. The molecular weight excluding hydrogens is 247 g/mol. The second kappa shape index (κ2) is 6.06. The minimum atomic E-state index is -1.73. The second-order valence-electron chi connectivity index (χ2n) is 7.27. The summed E-state index contributed by atoms with van der Waals surface area (Å²) in [4.78, 5) is 0. The molecule has 1 fully saturated rings. The summed E-state index contributed by atoms with van der Waals surface area (Å²) in [5.41, 5.74) is -2.08. The topological polar surface area (TPSA) is 38.7 Å². The van der Waals surface area contributed by atoms with Gasteiger partial charge in [-0.05, 0) is 24.7 Å². The first-order valence-electron chi connectivity index (χ1n) is 7.17. The zero-order valence-corrected chi connectivity index (χ0v) is 13.1. The SMILES string of the molecule is CC(C)CCOCC1OC(C(C)(C)C)C(C)(F)C1O. The van der Waals surface area contributed by atoms with Crippen molar-refractivity contribution in [3.05, 3.63) is 0 Å². The second-order valence-corrected chi connectivity index (χ2v) is 7.27. The Morgan fingerprint density at radius 1 is 1.37 bits per heavy atom. The van der Waals surface area contributed by atoms with E-state index < -0.39 is 24.0 Å². The van der Waals surface area contributed by atoms with Gasteiger partial charge in [0.25, 0.3) is 0 Å². The maximum absolute atomic E-state index is 14.6. The molecule has 1 rings (SSSR count). The predicted molar refractivity (Wildman–Crippen MR) is 73.9 cm³/mol. The molecule has 4 atom stereocenters. The lowest BCUT2D eigenvalue weighted by atomic mass is 9.79. The van der Waals surface area contributed by atoms with Crippen molar-refractivity contribution in [2.24, 2.45) is 11.3 Å². The first-order chi connectivity index (χ1) is 8.56. The van der Waals surface area contributed by atoms with Gasteiger partial charge in [0.05, 0.1) is 12.7 Å². The molecule has 114 valence electrons. The van der Waals surface area contributed by atoms with E-state index in [0.29, 0.717) is 12.5 Å². The van der Waals surface area contributed by atoms with Crippen molar-refractivity contribution in [2.75, 3.05) is 13.2 Å². The fourth-order valence-corrected chi connectivity index (χ4v) is 2.60. The van der Waals surface area contributed by atoms with Crippen LogP contribution in [0.25, 0.3) is 0 Å². The van der Waals surface area contributed by atoms with Crippen LogP contribution >= 0.6 is 0 Å². The number of hydrogen-bond acceptors (Lipinski definition) is 3. The summed E-state index contributed by atoms with van der Waals surface area (Å²) in [7, 11) is 0. The third-order valence-corrected chi connectivity index (χ3v) is 3.66. The molecular formula is C15H29FO3. The van der Waals surface area contributed by atoms with Crippen LogP contribution in [0.1, 0.15) is 48.0 Å². The van der Waals surface area contributed by atoms with E-state index in [9.17, 15) is 9.50 Å². The summed E-state index contributed by atoms with van der Waals surface area (Å²) in [5, 5.41) is 10.1. The normalized spacial score (nSPS) is 36.2. The lowest BCUT2D eigenvalue weighted by Crippen LogP contribution is -2.46. The van der Waals surface area contributed by atoms with Crippen molar-refractivity contribution in [3.63, 3.8) is 0 Å². The smallest absolute Gasteiger partial charge is 0.163 e. The van der Waals surface area contributed by atoms with Gasteiger partial charge < -0.3 is 14.6 Å². The molecule has 1 aliphatic rings. The first-order valence-corrected chi connectivity index (χ1v) is 7.17. The summed E-state index contributed by atoms with van der Waals surface area (Å²) < 4.78 is 25.8. The molecule has 0 aromatic rings. The Kier molecular flexibility index (Phi) is 5.38. The lowest BCUT2D eigenvalue weighted by molar-refractivity contribution is -0.0795. The van der Waals surface area contributed by atoms with Gasteiger partial charge in [-0.15, -0.1) is 0 Å². The van der Waals surface area contributed by atoms with E-state index in [-0.39, 0.29) is 12.0 Å². The Bertz CT molecular complexity index is 284.